The minimum atomic E-state index is -0.370. The molecule has 1 atom stereocenters. The lowest BCUT2D eigenvalue weighted by molar-refractivity contribution is 0.0595. The number of esters is 1. The highest BCUT2D eigenvalue weighted by atomic mass is 35.5. The average Bonchev–Trinajstić information content (AvgIpc) is 3.08. The normalized spacial score (nSPS) is 16.2. The van der Waals surface area contributed by atoms with Crippen molar-refractivity contribution in [3.05, 3.63) is 29.0 Å². The number of carbonyl (C=O) groups excluding carboxylic acids is 1. The quantitative estimate of drug-likeness (QED) is 0.852. The van der Waals surface area contributed by atoms with Crippen molar-refractivity contribution < 1.29 is 14.3 Å². The van der Waals surface area contributed by atoms with Gasteiger partial charge in [-0.05, 0) is 29.7 Å². The Morgan fingerprint density at radius 3 is 2.90 bits per heavy atom. The summed E-state index contributed by atoms with van der Waals surface area (Å²) in [5.74, 6) is 0.476. The minimum Gasteiger partial charge on any atom is -0.488 e. The Morgan fingerprint density at radius 1 is 1.52 bits per heavy atom. The number of hydrogen-bond donors (Lipinski definition) is 2. The lowest BCUT2D eigenvalue weighted by Gasteiger charge is -2.07. The molecule has 1 unspecified atom stereocenters. The van der Waals surface area contributed by atoms with Gasteiger partial charge in [0, 0.05) is 18.4 Å². The molecule has 3 rings (SSSR count). The highest BCUT2D eigenvalue weighted by Crippen LogP contribution is 2.38. The molecule has 0 saturated heterocycles. The van der Waals surface area contributed by atoms with E-state index in [2.05, 4.69) is 18.0 Å². The number of aromatic amines is 1. The molecular weight excluding hydrogens is 292 g/mol. The molecule has 21 heavy (non-hydrogen) atoms. The zero-order valence-corrected chi connectivity index (χ0v) is 12.9. The number of hydrogen-bond acceptors (Lipinski definition) is 4. The van der Waals surface area contributed by atoms with Gasteiger partial charge in [-0.3, -0.25) is 0 Å². The fourth-order valence-corrected chi connectivity index (χ4v) is 2.78. The Morgan fingerprint density at radius 2 is 2.29 bits per heavy atom. The molecule has 1 aromatic carbocycles. The minimum absolute atomic E-state index is 0. The molecular formula is C15H19ClN2O3. The topological polar surface area (TPSA) is 77.3 Å². The van der Waals surface area contributed by atoms with Crippen molar-refractivity contribution in [1.82, 2.24) is 4.98 Å². The van der Waals surface area contributed by atoms with Crippen LogP contribution < -0.4 is 10.5 Å². The third kappa shape index (κ3) is 2.47. The van der Waals surface area contributed by atoms with Crippen LogP contribution in [0.5, 0.6) is 5.75 Å². The molecule has 2 aromatic rings. The number of fused-ring (bicyclic) bond motifs is 3. The van der Waals surface area contributed by atoms with Crippen molar-refractivity contribution in [1.29, 1.82) is 0 Å². The highest BCUT2D eigenvalue weighted by Gasteiger charge is 2.26. The summed E-state index contributed by atoms with van der Waals surface area (Å²) < 4.78 is 10.7. The first kappa shape index (κ1) is 15.7. The van der Waals surface area contributed by atoms with Gasteiger partial charge in [-0.25, -0.2) is 4.79 Å². The third-order valence-corrected chi connectivity index (χ3v) is 3.80. The molecule has 0 spiro atoms. The van der Waals surface area contributed by atoms with Gasteiger partial charge in [0.15, 0.2) is 0 Å². The van der Waals surface area contributed by atoms with E-state index in [1.807, 2.05) is 0 Å². The first-order valence-electron chi connectivity index (χ1n) is 6.80. The summed E-state index contributed by atoms with van der Waals surface area (Å²) >= 11 is 0. The van der Waals surface area contributed by atoms with Crippen molar-refractivity contribution in [2.75, 3.05) is 13.7 Å². The summed E-state index contributed by atoms with van der Waals surface area (Å²) in [7, 11) is 1.37. The fraction of sp³-hybridized carbons (Fsp3) is 0.400. The largest absolute Gasteiger partial charge is 0.488 e. The second-order valence-corrected chi connectivity index (χ2v) is 5.02. The highest BCUT2D eigenvalue weighted by molar-refractivity contribution is 5.99. The van der Waals surface area contributed by atoms with E-state index < -0.39 is 0 Å². The van der Waals surface area contributed by atoms with Crippen LogP contribution in [-0.4, -0.2) is 30.7 Å². The van der Waals surface area contributed by atoms with E-state index in [9.17, 15) is 4.79 Å². The Hall–Kier alpha value is -1.72. The van der Waals surface area contributed by atoms with E-state index in [4.69, 9.17) is 15.2 Å². The number of ether oxygens (including phenoxy) is 2. The molecule has 1 aliphatic heterocycles. The van der Waals surface area contributed by atoms with Gasteiger partial charge in [-0.15, -0.1) is 12.4 Å². The molecule has 2 heterocycles. The van der Waals surface area contributed by atoms with Crippen LogP contribution in [0.1, 0.15) is 28.5 Å². The average molecular weight is 311 g/mol. The second-order valence-electron chi connectivity index (χ2n) is 5.02. The molecule has 0 radical (unpaired) electrons. The summed E-state index contributed by atoms with van der Waals surface area (Å²) in [6.45, 7) is 2.59. The van der Waals surface area contributed by atoms with Crippen LogP contribution in [0.25, 0.3) is 10.9 Å². The van der Waals surface area contributed by atoms with Crippen molar-refractivity contribution in [2.24, 2.45) is 5.73 Å². The number of benzene rings is 1. The van der Waals surface area contributed by atoms with Crippen LogP contribution in [0.3, 0.4) is 0 Å². The van der Waals surface area contributed by atoms with E-state index in [0.717, 1.165) is 29.5 Å². The fourth-order valence-electron chi connectivity index (χ4n) is 2.78. The van der Waals surface area contributed by atoms with Crippen molar-refractivity contribution in [2.45, 2.75) is 25.9 Å². The molecule has 5 nitrogen and oxygen atoms in total. The maximum absolute atomic E-state index is 11.7. The Bertz CT molecular complexity index is 681. The maximum atomic E-state index is 11.7. The lowest BCUT2D eigenvalue weighted by atomic mass is 10.0. The summed E-state index contributed by atoms with van der Waals surface area (Å²) in [5.41, 5.74) is 9.44. The molecule has 0 aliphatic carbocycles. The smallest absolute Gasteiger partial charge is 0.354 e. The summed E-state index contributed by atoms with van der Waals surface area (Å²) in [6, 6.07) is 3.95. The van der Waals surface area contributed by atoms with Crippen LogP contribution in [0.15, 0.2) is 12.1 Å². The van der Waals surface area contributed by atoms with Gasteiger partial charge in [-0.1, -0.05) is 6.92 Å². The monoisotopic (exact) mass is 310 g/mol. The predicted molar refractivity (Wildman–Crippen MR) is 83.4 cm³/mol. The number of aromatic nitrogens is 1. The van der Waals surface area contributed by atoms with Gasteiger partial charge < -0.3 is 20.2 Å². The van der Waals surface area contributed by atoms with Crippen molar-refractivity contribution in [3.63, 3.8) is 0 Å². The SMILES string of the molecule is CCc1cc2c(c3cc(C(=O)OC)[nH]c13)OC(CN)C2.Cl. The van der Waals surface area contributed by atoms with Crippen LogP contribution in [0.4, 0.5) is 0 Å². The Balaban J connectivity index is 0.00000161. The zero-order valence-electron chi connectivity index (χ0n) is 12.1. The van der Waals surface area contributed by atoms with E-state index in [1.165, 1.54) is 18.2 Å². The van der Waals surface area contributed by atoms with Gasteiger partial charge in [0.25, 0.3) is 0 Å². The summed E-state index contributed by atoms with van der Waals surface area (Å²) in [5, 5.41) is 0.940. The van der Waals surface area contributed by atoms with Gasteiger partial charge in [0.1, 0.15) is 17.5 Å². The molecule has 114 valence electrons. The van der Waals surface area contributed by atoms with E-state index >= 15 is 0 Å². The molecule has 3 N–H and O–H groups in total. The third-order valence-electron chi connectivity index (χ3n) is 3.80. The maximum Gasteiger partial charge on any atom is 0.354 e. The standard InChI is InChI=1S/C15H18N2O3.ClH/c1-3-8-4-9-5-10(7-16)20-14(9)11-6-12(15(18)19-2)17-13(8)11;/h4,6,10,17H,3,5,7,16H2,1-2H3;1H. The summed E-state index contributed by atoms with van der Waals surface area (Å²) in [4.78, 5) is 14.8. The molecule has 0 fully saturated rings. The molecule has 6 heteroatoms. The van der Waals surface area contributed by atoms with Gasteiger partial charge in [-0.2, -0.15) is 0 Å². The van der Waals surface area contributed by atoms with Gasteiger partial charge >= 0.3 is 5.97 Å². The number of rotatable bonds is 3. The zero-order chi connectivity index (χ0) is 14.3. The molecule has 0 amide bonds. The second kappa shape index (κ2) is 5.95. The van der Waals surface area contributed by atoms with E-state index in [0.29, 0.717) is 12.2 Å². The number of halogens is 1. The predicted octanol–water partition coefficient (Wildman–Crippen LogP) is 2.20. The molecule has 1 aliphatic rings. The molecule has 0 saturated carbocycles. The molecule has 1 aromatic heterocycles. The van der Waals surface area contributed by atoms with Crippen LogP contribution in [-0.2, 0) is 17.6 Å². The van der Waals surface area contributed by atoms with Crippen molar-refractivity contribution >= 4 is 29.3 Å². The van der Waals surface area contributed by atoms with Crippen LogP contribution >= 0.6 is 12.4 Å². The van der Waals surface area contributed by atoms with E-state index in [-0.39, 0.29) is 24.5 Å². The van der Waals surface area contributed by atoms with Gasteiger partial charge in [0.2, 0.25) is 0 Å². The number of aryl methyl sites for hydroxylation is 1. The lowest BCUT2D eigenvalue weighted by Crippen LogP contribution is -2.24. The first-order chi connectivity index (χ1) is 9.67. The van der Waals surface area contributed by atoms with Crippen LogP contribution in [0.2, 0.25) is 0 Å². The molecule has 0 bridgehead atoms. The number of methoxy groups -OCH3 is 1. The Kier molecular flexibility index (Phi) is 4.44. The first-order valence-corrected chi connectivity index (χ1v) is 6.80. The Labute approximate surface area is 129 Å². The summed E-state index contributed by atoms with van der Waals surface area (Å²) in [6.07, 6.45) is 1.74. The van der Waals surface area contributed by atoms with Crippen molar-refractivity contribution in [3.8, 4) is 5.75 Å². The number of carbonyl (C=O) groups is 1. The number of nitrogens with two attached hydrogens (primary N) is 1. The number of nitrogens with one attached hydrogen (secondary N) is 1. The van der Waals surface area contributed by atoms with Crippen LogP contribution in [0, 0.1) is 0 Å². The van der Waals surface area contributed by atoms with Gasteiger partial charge in [0.05, 0.1) is 12.6 Å². The van der Waals surface area contributed by atoms with E-state index in [1.54, 1.807) is 6.07 Å². The number of H-pyrrole nitrogens is 1.